The molecule has 1 amide bonds. The first-order valence-corrected chi connectivity index (χ1v) is 9.04. The molecule has 1 heterocycles. The maximum absolute atomic E-state index is 12.8. The van der Waals surface area contributed by atoms with Gasteiger partial charge in [0.2, 0.25) is 0 Å². The van der Waals surface area contributed by atoms with Crippen molar-refractivity contribution in [1.82, 2.24) is 10.3 Å². The van der Waals surface area contributed by atoms with Gasteiger partial charge in [-0.25, -0.2) is 0 Å². The van der Waals surface area contributed by atoms with Gasteiger partial charge in [0.05, 0.1) is 11.6 Å². The molecule has 4 nitrogen and oxygen atoms in total. The predicted molar refractivity (Wildman–Crippen MR) is 108 cm³/mol. The number of carbonyl (C=O) groups is 1. The van der Waals surface area contributed by atoms with Crippen LogP contribution in [0.15, 0.2) is 72.4 Å². The number of rotatable bonds is 6. The number of nitrogens with zero attached hydrogens (tertiary/aromatic N) is 2. The summed E-state index contributed by atoms with van der Waals surface area (Å²) in [6.07, 6.45) is 5.06. The Morgan fingerprint density at radius 1 is 1.15 bits per heavy atom. The molecule has 4 heteroatoms. The van der Waals surface area contributed by atoms with E-state index >= 15 is 0 Å². The van der Waals surface area contributed by atoms with Crippen molar-refractivity contribution in [2.45, 2.75) is 25.8 Å². The molecule has 0 saturated carbocycles. The fourth-order valence-corrected chi connectivity index (χ4v) is 3.08. The zero-order valence-electron chi connectivity index (χ0n) is 15.2. The van der Waals surface area contributed by atoms with Crippen LogP contribution < -0.4 is 5.32 Å². The van der Waals surface area contributed by atoms with E-state index in [9.17, 15) is 10.1 Å². The van der Waals surface area contributed by atoms with Gasteiger partial charge in [0, 0.05) is 11.6 Å². The van der Waals surface area contributed by atoms with E-state index in [4.69, 9.17) is 0 Å². The minimum atomic E-state index is -0.360. The fourth-order valence-electron chi connectivity index (χ4n) is 3.08. The maximum atomic E-state index is 12.8. The lowest BCUT2D eigenvalue weighted by molar-refractivity contribution is -0.117. The molecule has 0 aliphatic carbocycles. The summed E-state index contributed by atoms with van der Waals surface area (Å²) < 4.78 is 0. The van der Waals surface area contributed by atoms with Crippen LogP contribution >= 0.6 is 0 Å². The topological polar surface area (TPSA) is 65.8 Å². The molecule has 0 spiro atoms. The fraction of sp³-hybridized carbons (Fsp3) is 0.174. The molecule has 134 valence electrons. The molecule has 0 saturated heterocycles. The van der Waals surface area contributed by atoms with Gasteiger partial charge in [0.25, 0.3) is 5.91 Å². The minimum absolute atomic E-state index is 0.0865. The molecule has 27 heavy (non-hydrogen) atoms. The van der Waals surface area contributed by atoms with Crippen molar-refractivity contribution < 1.29 is 4.79 Å². The molecule has 1 N–H and O–H groups in total. The molecular weight excluding hydrogens is 334 g/mol. The number of hydrogen-bond acceptors (Lipinski definition) is 3. The van der Waals surface area contributed by atoms with Crippen LogP contribution in [0.2, 0.25) is 0 Å². The SMILES string of the molecule is CCC[C@H](NC(=O)C(C#N)=Cc1ccnc2ccccc12)c1ccccc1. The van der Waals surface area contributed by atoms with E-state index in [1.165, 1.54) is 0 Å². The third-order valence-corrected chi connectivity index (χ3v) is 4.43. The molecule has 3 rings (SSSR count). The third kappa shape index (κ3) is 4.39. The predicted octanol–water partition coefficient (Wildman–Crippen LogP) is 4.80. The molecule has 0 aliphatic heterocycles. The summed E-state index contributed by atoms with van der Waals surface area (Å²) in [4.78, 5) is 17.1. The van der Waals surface area contributed by atoms with Crippen LogP contribution in [-0.2, 0) is 4.79 Å². The lowest BCUT2D eigenvalue weighted by Gasteiger charge is -2.18. The quantitative estimate of drug-likeness (QED) is 0.510. The van der Waals surface area contributed by atoms with Crippen molar-refractivity contribution in [1.29, 1.82) is 5.26 Å². The summed E-state index contributed by atoms with van der Waals surface area (Å²) in [5, 5.41) is 13.5. The first-order valence-electron chi connectivity index (χ1n) is 9.04. The Balaban J connectivity index is 1.89. The molecule has 1 atom stereocenters. The highest BCUT2D eigenvalue weighted by molar-refractivity contribution is 6.03. The van der Waals surface area contributed by atoms with E-state index in [-0.39, 0.29) is 17.5 Å². The number of fused-ring (bicyclic) bond motifs is 1. The van der Waals surface area contributed by atoms with Gasteiger partial charge in [-0.05, 0) is 35.8 Å². The van der Waals surface area contributed by atoms with Gasteiger partial charge in [-0.2, -0.15) is 5.26 Å². The van der Waals surface area contributed by atoms with Crippen LogP contribution in [0.5, 0.6) is 0 Å². The van der Waals surface area contributed by atoms with Crippen molar-refractivity contribution in [3.63, 3.8) is 0 Å². The molecule has 0 fully saturated rings. The zero-order chi connectivity index (χ0) is 19.1. The molecule has 0 aliphatic rings. The first-order chi connectivity index (χ1) is 13.2. The molecule has 3 aromatic rings. The zero-order valence-corrected chi connectivity index (χ0v) is 15.2. The number of hydrogen-bond donors (Lipinski definition) is 1. The van der Waals surface area contributed by atoms with Crippen molar-refractivity contribution in [3.8, 4) is 6.07 Å². The highest BCUT2D eigenvalue weighted by Crippen LogP contribution is 2.21. The molecule has 2 aromatic carbocycles. The number of pyridine rings is 1. The maximum Gasteiger partial charge on any atom is 0.262 e. The van der Waals surface area contributed by atoms with E-state index in [2.05, 4.69) is 17.2 Å². The van der Waals surface area contributed by atoms with Gasteiger partial charge in [0.15, 0.2) is 0 Å². The number of carbonyl (C=O) groups excluding carboxylic acids is 1. The van der Waals surface area contributed by atoms with Crippen LogP contribution in [0.1, 0.15) is 36.9 Å². The normalized spacial score (nSPS) is 12.4. The Hall–Kier alpha value is -3.45. The number of benzene rings is 2. The summed E-state index contributed by atoms with van der Waals surface area (Å²) >= 11 is 0. The monoisotopic (exact) mass is 355 g/mol. The smallest absolute Gasteiger partial charge is 0.262 e. The van der Waals surface area contributed by atoms with E-state index < -0.39 is 0 Å². The Morgan fingerprint density at radius 2 is 1.89 bits per heavy atom. The van der Waals surface area contributed by atoms with Crippen LogP contribution in [0.25, 0.3) is 17.0 Å². The average Bonchev–Trinajstić information content (AvgIpc) is 2.72. The number of aromatic nitrogens is 1. The van der Waals surface area contributed by atoms with Gasteiger partial charge < -0.3 is 5.32 Å². The molecule has 0 unspecified atom stereocenters. The van der Waals surface area contributed by atoms with Crippen LogP contribution in [0.4, 0.5) is 0 Å². The molecule has 1 aromatic heterocycles. The summed E-state index contributed by atoms with van der Waals surface area (Å²) in [5.74, 6) is -0.360. The summed E-state index contributed by atoms with van der Waals surface area (Å²) in [6, 6.07) is 21.3. The van der Waals surface area contributed by atoms with Crippen molar-refractivity contribution in [2.75, 3.05) is 0 Å². The molecular formula is C23H21N3O. The standard InChI is InChI=1S/C23H21N3O/c1-2-8-21(17-9-4-3-5-10-17)26-23(27)19(16-24)15-18-13-14-25-22-12-7-6-11-20(18)22/h3-7,9-15,21H,2,8H2,1H3,(H,26,27)/t21-/m0/s1. The van der Waals surface area contributed by atoms with Gasteiger partial charge >= 0.3 is 0 Å². The Labute approximate surface area is 159 Å². The highest BCUT2D eigenvalue weighted by Gasteiger charge is 2.17. The van der Waals surface area contributed by atoms with Crippen LogP contribution in [0, 0.1) is 11.3 Å². The van der Waals surface area contributed by atoms with E-state index in [0.29, 0.717) is 0 Å². The van der Waals surface area contributed by atoms with E-state index in [0.717, 1.165) is 34.9 Å². The lowest BCUT2D eigenvalue weighted by Crippen LogP contribution is -2.29. The Bertz CT molecular complexity index is 998. The van der Waals surface area contributed by atoms with Crippen molar-refractivity contribution in [2.24, 2.45) is 0 Å². The number of para-hydroxylation sites is 1. The number of nitrogens with one attached hydrogen (secondary N) is 1. The van der Waals surface area contributed by atoms with Gasteiger partial charge in [0.1, 0.15) is 11.6 Å². The van der Waals surface area contributed by atoms with Crippen molar-refractivity contribution in [3.05, 3.63) is 83.6 Å². The number of nitriles is 1. The Morgan fingerprint density at radius 3 is 2.63 bits per heavy atom. The van der Waals surface area contributed by atoms with Gasteiger partial charge in [-0.1, -0.05) is 61.9 Å². The van der Waals surface area contributed by atoms with E-state index in [1.54, 1.807) is 12.3 Å². The summed E-state index contributed by atoms with van der Waals surface area (Å²) in [7, 11) is 0. The summed E-state index contributed by atoms with van der Waals surface area (Å²) in [5.41, 5.74) is 2.76. The second-order valence-electron chi connectivity index (χ2n) is 6.31. The van der Waals surface area contributed by atoms with Gasteiger partial charge in [-0.15, -0.1) is 0 Å². The van der Waals surface area contributed by atoms with Gasteiger partial charge in [-0.3, -0.25) is 9.78 Å². The van der Waals surface area contributed by atoms with Crippen LogP contribution in [-0.4, -0.2) is 10.9 Å². The first kappa shape index (κ1) is 18.3. The van der Waals surface area contributed by atoms with E-state index in [1.807, 2.05) is 66.7 Å². The molecule has 0 bridgehead atoms. The highest BCUT2D eigenvalue weighted by atomic mass is 16.1. The Kier molecular flexibility index (Phi) is 5.96. The van der Waals surface area contributed by atoms with Crippen LogP contribution in [0.3, 0.4) is 0 Å². The second-order valence-corrected chi connectivity index (χ2v) is 6.31. The largest absolute Gasteiger partial charge is 0.345 e. The number of amides is 1. The lowest BCUT2D eigenvalue weighted by atomic mass is 10.0. The van der Waals surface area contributed by atoms with Crippen molar-refractivity contribution >= 4 is 22.9 Å². The minimum Gasteiger partial charge on any atom is -0.345 e. The molecule has 0 radical (unpaired) electrons. The average molecular weight is 355 g/mol. The summed E-state index contributed by atoms with van der Waals surface area (Å²) in [6.45, 7) is 2.08. The second kappa shape index (κ2) is 8.77. The third-order valence-electron chi connectivity index (χ3n) is 4.43.